The molecule has 0 unspecified atom stereocenters. The number of ether oxygens (including phenoxy) is 1. The number of nitrogens with one attached hydrogen (secondary N) is 1. The third-order valence-corrected chi connectivity index (χ3v) is 3.13. The van der Waals surface area contributed by atoms with Gasteiger partial charge in [-0.25, -0.2) is 0 Å². The first-order chi connectivity index (χ1) is 10.1. The molecule has 2 aromatic rings. The molecule has 0 spiro atoms. The van der Waals surface area contributed by atoms with E-state index in [-0.39, 0.29) is 18.1 Å². The highest BCUT2D eigenvalue weighted by molar-refractivity contribution is 5.84. The standard InChI is InChI=1S/C14H17N3O4/c1-21-8-2-6-15-14(18)10-16-7-5-11-3-4-12(17(19)20)9-13(11)16/h3-5,7,9H,2,6,8,10H2,1H3,(H,15,18). The van der Waals surface area contributed by atoms with Gasteiger partial charge in [0.05, 0.1) is 10.4 Å². The van der Waals surface area contributed by atoms with Crippen LogP contribution in [0.5, 0.6) is 0 Å². The van der Waals surface area contributed by atoms with Crippen LogP contribution in [-0.4, -0.2) is 35.7 Å². The van der Waals surface area contributed by atoms with Gasteiger partial charge >= 0.3 is 0 Å². The number of aromatic nitrogens is 1. The van der Waals surface area contributed by atoms with Crippen molar-refractivity contribution in [2.24, 2.45) is 0 Å². The van der Waals surface area contributed by atoms with Gasteiger partial charge in [0.2, 0.25) is 5.91 Å². The number of fused-ring (bicyclic) bond motifs is 1. The maximum Gasteiger partial charge on any atom is 0.271 e. The van der Waals surface area contributed by atoms with Gasteiger partial charge in [-0.05, 0) is 18.6 Å². The Balaban J connectivity index is 2.06. The van der Waals surface area contributed by atoms with E-state index in [4.69, 9.17) is 4.74 Å². The topological polar surface area (TPSA) is 86.4 Å². The number of hydrogen-bond donors (Lipinski definition) is 1. The molecule has 0 atom stereocenters. The molecule has 0 radical (unpaired) electrons. The second-order valence-electron chi connectivity index (χ2n) is 4.64. The van der Waals surface area contributed by atoms with Crippen LogP contribution in [0.15, 0.2) is 30.5 Å². The number of rotatable bonds is 7. The number of nitrogens with zero attached hydrogens (tertiary/aromatic N) is 2. The van der Waals surface area contributed by atoms with Gasteiger partial charge in [-0.1, -0.05) is 0 Å². The van der Waals surface area contributed by atoms with Crippen LogP contribution in [0, 0.1) is 10.1 Å². The Morgan fingerprint density at radius 3 is 2.95 bits per heavy atom. The summed E-state index contributed by atoms with van der Waals surface area (Å²) >= 11 is 0. The minimum absolute atomic E-state index is 0.0166. The molecule has 0 fully saturated rings. The number of nitro groups is 1. The minimum atomic E-state index is -0.443. The summed E-state index contributed by atoms with van der Waals surface area (Å²) in [4.78, 5) is 22.2. The zero-order valence-corrected chi connectivity index (χ0v) is 11.7. The van der Waals surface area contributed by atoms with Gasteiger partial charge in [0.15, 0.2) is 0 Å². The summed E-state index contributed by atoms with van der Waals surface area (Å²) in [5.41, 5.74) is 0.694. The van der Waals surface area contributed by atoms with E-state index in [1.807, 2.05) is 6.07 Å². The molecule has 1 aromatic heterocycles. The number of benzene rings is 1. The molecule has 21 heavy (non-hydrogen) atoms. The third-order valence-electron chi connectivity index (χ3n) is 3.13. The molecule has 2 rings (SSSR count). The minimum Gasteiger partial charge on any atom is -0.385 e. The molecule has 0 saturated heterocycles. The fourth-order valence-electron chi connectivity index (χ4n) is 2.08. The van der Waals surface area contributed by atoms with Gasteiger partial charge in [0.1, 0.15) is 6.54 Å². The number of nitro benzene ring substituents is 1. The molecule has 1 amide bonds. The largest absolute Gasteiger partial charge is 0.385 e. The first-order valence-corrected chi connectivity index (χ1v) is 6.60. The summed E-state index contributed by atoms with van der Waals surface area (Å²) in [5.74, 6) is -0.130. The fourth-order valence-corrected chi connectivity index (χ4v) is 2.08. The lowest BCUT2D eigenvalue weighted by atomic mass is 10.2. The molecule has 0 aliphatic rings. The van der Waals surface area contributed by atoms with E-state index in [2.05, 4.69) is 5.32 Å². The van der Waals surface area contributed by atoms with Gasteiger partial charge in [-0.3, -0.25) is 14.9 Å². The Morgan fingerprint density at radius 1 is 1.43 bits per heavy atom. The molecule has 7 nitrogen and oxygen atoms in total. The van der Waals surface area contributed by atoms with Crippen LogP contribution in [0.3, 0.4) is 0 Å². The zero-order chi connectivity index (χ0) is 15.2. The van der Waals surface area contributed by atoms with Gasteiger partial charge < -0.3 is 14.6 Å². The average molecular weight is 291 g/mol. The normalized spacial score (nSPS) is 10.7. The second-order valence-corrected chi connectivity index (χ2v) is 4.64. The Labute approximate surface area is 121 Å². The van der Waals surface area contributed by atoms with Crippen LogP contribution in [0.2, 0.25) is 0 Å². The molecule has 112 valence electrons. The van der Waals surface area contributed by atoms with Crippen molar-refractivity contribution in [3.8, 4) is 0 Å². The van der Waals surface area contributed by atoms with Crippen molar-refractivity contribution in [3.63, 3.8) is 0 Å². The summed E-state index contributed by atoms with van der Waals surface area (Å²) in [6.07, 6.45) is 2.50. The maximum atomic E-state index is 11.8. The van der Waals surface area contributed by atoms with Crippen LogP contribution in [0.4, 0.5) is 5.69 Å². The molecular weight excluding hydrogens is 274 g/mol. The second kappa shape index (κ2) is 6.85. The smallest absolute Gasteiger partial charge is 0.271 e. The first kappa shape index (κ1) is 15.0. The molecule has 7 heteroatoms. The van der Waals surface area contributed by atoms with Crippen molar-refractivity contribution in [2.45, 2.75) is 13.0 Å². The first-order valence-electron chi connectivity index (χ1n) is 6.60. The maximum absolute atomic E-state index is 11.8. The highest BCUT2D eigenvalue weighted by Gasteiger charge is 2.10. The Bertz CT molecular complexity index is 651. The van der Waals surface area contributed by atoms with Crippen LogP contribution >= 0.6 is 0 Å². The lowest BCUT2D eigenvalue weighted by Crippen LogP contribution is -2.28. The van der Waals surface area contributed by atoms with E-state index in [9.17, 15) is 14.9 Å². The van der Waals surface area contributed by atoms with Crippen molar-refractivity contribution in [1.29, 1.82) is 0 Å². The highest BCUT2D eigenvalue weighted by Crippen LogP contribution is 2.21. The van der Waals surface area contributed by atoms with Gasteiger partial charge in [-0.15, -0.1) is 0 Å². The molecule has 0 saturated carbocycles. The third kappa shape index (κ3) is 3.79. The molecule has 1 aromatic carbocycles. The quantitative estimate of drug-likeness (QED) is 0.478. The number of hydrogen-bond acceptors (Lipinski definition) is 4. The predicted octanol–water partition coefficient (Wildman–Crippen LogP) is 1.70. The summed E-state index contributed by atoms with van der Waals surface area (Å²) < 4.78 is 6.60. The molecule has 0 aliphatic carbocycles. The molecule has 0 bridgehead atoms. The highest BCUT2D eigenvalue weighted by atomic mass is 16.6. The molecule has 1 heterocycles. The van der Waals surface area contributed by atoms with E-state index in [1.165, 1.54) is 12.1 Å². The molecular formula is C14H17N3O4. The van der Waals surface area contributed by atoms with Gasteiger partial charge in [-0.2, -0.15) is 0 Å². The average Bonchev–Trinajstić information content (AvgIpc) is 2.86. The molecule has 1 N–H and O–H groups in total. The van der Waals surface area contributed by atoms with Crippen LogP contribution in [-0.2, 0) is 16.1 Å². The number of carbonyl (C=O) groups is 1. The van der Waals surface area contributed by atoms with Crippen molar-refractivity contribution in [3.05, 3.63) is 40.6 Å². The van der Waals surface area contributed by atoms with Crippen LogP contribution in [0.1, 0.15) is 6.42 Å². The monoisotopic (exact) mass is 291 g/mol. The fraction of sp³-hybridized carbons (Fsp3) is 0.357. The lowest BCUT2D eigenvalue weighted by molar-refractivity contribution is -0.384. The van der Waals surface area contributed by atoms with Gasteiger partial charge in [0, 0.05) is 44.0 Å². The molecule has 0 aliphatic heterocycles. The Kier molecular flexibility index (Phi) is 4.89. The summed E-state index contributed by atoms with van der Waals surface area (Å²) in [6.45, 7) is 1.28. The van der Waals surface area contributed by atoms with Crippen LogP contribution in [0.25, 0.3) is 10.9 Å². The van der Waals surface area contributed by atoms with Gasteiger partial charge in [0.25, 0.3) is 5.69 Å². The number of methoxy groups -OCH3 is 1. The van der Waals surface area contributed by atoms with Crippen molar-refractivity contribution < 1.29 is 14.5 Å². The lowest BCUT2D eigenvalue weighted by Gasteiger charge is -2.07. The van der Waals surface area contributed by atoms with E-state index in [0.29, 0.717) is 18.7 Å². The SMILES string of the molecule is COCCCNC(=O)Cn1ccc2ccc([N+](=O)[O-])cc21. The van der Waals surface area contributed by atoms with Crippen molar-refractivity contribution in [1.82, 2.24) is 9.88 Å². The number of amides is 1. The van der Waals surface area contributed by atoms with E-state index in [1.54, 1.807) is 23.9 Å². The Hall–Kier alpha value is -2.41. The Morgan fingerprint density at radius 2 is 2.24 bits per heavy atom. The summed E-state index contributed by atoms with van der Waals surface area (Å²) in [7, 11) is 1.61. The number of non-ortho nitro benzene ring substituents is 1. The van der Waals surface area contributed by atoms with E-state index in [0.717, 1.165) is 11.8 Å². The summed E-state index contributed by atoms with van der Waals surface area (Å²) in [5, 5.41) is 14.5. The predicted molar refractivity (Wildman–Crippen MR) is 78.1 cm³/mol. The number of carbonyl (C=O) groups excluding carboxylic acids is 1. The van der Waals surface area contributed by atoms with E-state index >= 15 is 0 Å². The zero-order valence-electron chi connectivity index (χ0n) is 11.7. The van der Waals surface area contributed by atoms with Crippen molar-refractivity contribution in [2.75, 3.05) is 20.3 Å². The van der Waals surface area contributed by atoms with E-state index < -0.39 is 4.92 Å². The van der Waals surface area contributed by atoms with Crippen LogP contribution < -0.4 is 5.32 Å². The summed E-state index contributed by atoms with van der Waals surface area (Å²) in [6, 6.07) is 6.45. The van der Waals surface area contributed by atoms with Crippen molar-refractivity contribution >= 4 is 22.5 Å².